The van der Waals surface area contributed by atoms with E-state index in [1.54, 1.807) is 0 Å². The summed E-state index contributed by atoms with van der Waals surface area (Å²) in [6.45, 7) is 4.26. The van der Waals surface area contributed by atoms with Crippen LogP contribution in [0, 0.1) is 0 Å². The predicted molar refractivity (Wildman–Crippen MR) is 105 cm³/mol. The number of rotatable bonds is 18. The summed E-state index contributed by atoms with van der Waals surface area (Å²) in [5.74, 6) is 0. The Bertz CT molecular complexity index is 387. The number of hydrogen-bond acceptors (Lipinski definition) is 4. The zero-order chi connectivity index (χ0) is 19.0. The molecule has 0 spiro atoms. The van der Waals surface area contributed by atoms with Crippen molar-refractivity contribution in [3.8, 4) is 0 Å². The minimum atomic E-state index is -4.15. The van der Waals surface area contributed by atoms with Crippen LogP contribution < -0.4 is 29.6 Å². The molecule has 0 aromatic heterocycles. The van der Waals surface area contributed by atoms with E-state index in [1.807, 2.05) is 0 Å². The first-order valence-corrected chi connectivity index (χ1v) is 12.0. The van der Waals surface area contributed by atoms with Crippen LogP contribution in [-0.4, -0.2) is 29.4 Å². The molecule has 0 amide bonds. The van der Waals surface area contributed by atoms with Crippen LogP contribution in [0.25, 0.3) is 0 Å². The van der Waals surface area contributed by atoms with E-state index in [0.717, 1.165) is 89.9 Å². The normalized spacial score (nSPS) is 14.0. The SMILES string of the molecule is CCCCCCC(CCCCCCCCC(O)CCCC)S(=O)(=O)[O-].[Na+]. The molecule has 0 fully saturated rings. The van der Waals surface area contributed by atoms with E-state index in [1.165, 1.54) is 0 Å². The summed E-state index contributed by atoms with van der Waals surface area (Å²) >= 11 is 0. The molecular formula is C20H41NaO4S. The van der Waals surface area contributed by atoms with Gasteiger partial charge in [0.25, 0.3) is 0 Å². The Morgan fingerprint density at radius 1 is 0.692 bits per heavy atom. The standard InChI is InChI=1S/C20H42O4S.Na/c1-3-5-7-13-17-20(25(22,23)24)18-14-11-9-8-10-12-16-19(21)15-6-4-2;/h19-21H,3-18H2,1-2H3,(H,22,23,24);/q;+1/p-1. The van der Waals surface area contributed by atoms with E-state index in [4.69, 9.17) is 0 Å². The number of aliphatic hydroxyl groups is 1. The smallest absolute Gasteiger partial charge is 0.748 e. The number of unbranched alkanes of at least 4 members (excludes halogenated alkanes) is 9. The summed E-state index contributed by atoms with van der Waals surface area (Å²) < 4.78 is 34.1. The fourth-order valence-electron chi connectivity index (χ4n) is 3.27. The summed E-state index contributed by atoms with van der Waals surface area (Å²) in [6, 6.07) is 0. The van der Waals surface area contributed by atoms with Gasteiger partial charge in [0, 0.05) is 5.25 Å². The zero-order valence-electron chi connectivity index (χ0n) is 17.5. The van der Waals surface area contributed by atoms with Crippen molar-refractivity contribution in [2.45, 2.75) is 128 Å². The summed E-state index contributed by atoms with van der Waals surface area (Å²) in [7, 11) is -4.15. The first-order chi connectivity index (χ1) is 11.9. The van der Waals surface area contributed by atoms with E-state index in [0.29, 0.717) is 12.8 Å². The van der Waals surface area contributed by atoms with Crippen LogP contribution >= 0.6 is 0 Å². The van der Waals surface area contributed by atoms with E-state index in [2.05, 4.69) is 13.8 Å². The molecule has 0 aliphatic heterocycles. The maximum Gasteiger partial charge on any atom is 1.00 e. The van der Waals surface area contributed by atoms with Gasteiger partial charge in [0.1, 0.15) is 0 Å². The average Bonchev–Trinajstić information content (AvgIpc) is 2.55. The van der Waals surface area contributed by atoms with Gasteiger partial charge in [-0.25, -0.2) is 8.42 Å². The number of aliphatic hydroxyl groups excluding tert-OH is 1. The van der Waals surface area contributed by atoms with E-state index >= 15 is 0 Å². The van der Waals surface area contributed by atoms with Crippen LogP contribution in [-0.2, 0) is 10.1 Å². The van der Waals surface area contributed by atoms with Gasteiger partial charge >= 0.3 is 29.6 Å². The van der Waals surface area contributed by atoms with Crippen LogP contribution in [0.5, 0.6) is 0 Å². The molecule has 0 saturated carbocycles. The van der Waals surface area contributed by atoms with Crippen molar-refractivity contribution in [3.05, 3.63) is 0 Å². The molecule has 0 rings (SSSR count). The van der Waals surface area contributed by atoms with Gasteiger partial charge < -0.3 is 9.66 Å². The Labute approximate surface area is 185 Å². The molecule has 2 unspecified atom stereocenters. The molecule has 4 nitrogen and oxygen atoms in total. The van der Waals surface area contributed by atoms with E-state index in [9.17, 15) is 18.1 Å². The first kappa shape index (κ1) is 29.1. The minimum absolute atomic E-state index is 0. The third-order valence-corrected chi connectivity index (χ3v) is 6.28. The van der Waals surface area contributed by atoms with E-state index < -0.39 is 15.4 Å². The molecule has 0 bridgehead atoms. The van der Waals surface area contributed by atoms with Crippen LogP contribution in [0.3, 0.4) is 0 Å². The van der Waals surface area contributed by atoms with Crippen LogP contribution in [0.2, 0.25) is 0 Å². The fourth-order valence-corrected chi connectivity index (χ4v) is 4.19. The molecule has 0 saturated heterocycles. The van der Waals surface area contributed by atoms with Gasteiger partial charge in [-0.05, 0) is 25.7 Å². The van der Waals surface area contributed by atoms with Crippen LogP contribution in [0.15, 0.2) is 0 Å². The Kier molecular flexibility index (Phi) is 21.5. The molecule has 0 aliphatic rings. The molecule has 0 aromatic carbocycles. The van der Waals surface area contributed by atoms with E-state index in [-0.39, 0.29) is 35.7 Å². The maximum absolute atomic E-state index is 11.4. The Morgan fingerprint density at radius 3 is 1.54 bits per heavy atom. The molecule has 6 heteroatoms. The second-order valence-electron chi connectivity index (χ2n) is 7.46. The molecule has 0 aliphatic carbocycles. The molecule has 0 heterocycles. The maximum atomic E-state index is 11.4. The van der Waals surface area contributed by atoms with Gasteiger partial charge in [0.05, 0.1) is 16.2 Å². The van der Waals surface area contributed by atoms with Crippen molar-refractivity contribution in [2.24, 2.45) is 0 Å². The summed E-state index contributed by atoms with van der Waals surface area (Å²) in [4.78, 5) is 0. The quantitative estimate of drug-likeness (QED) is 0.218. The van der Waals surface area contributed by atoms with Gasteiger partial charge in [0.15, 0.2) is 0 Å². The summed E-state index contributed by atoms with van der Waals surface area (Å²) in [5.41, 5.74) is 0. The molecule has 26 heavy (non-hydrogen) atoms. The molecule has 1 N–H and O–H groups in total. The fraction of sp³-hybridized carbons (Fsp3) is 1.00. The van der Waals surface area contributed by atoms with Gasteiger partial charge in [-0.2, -0.15) is 0 Å². The van der Waals surface area contributed by atoms with Gasteiger partial charge in [-0.3, -0.25) is 0 Å². The predicted octanol–water partition coefficient (Wildman–Crippen LogP) is 2.55. The second-order valence-corrected chi connectivity index (χ2v) is 9.11. The molecular weight excluding hydrogens is 359 g/mol. The monoisotopic (exact) mass is 400 g/mol. The topological polar surface area (TPSA) is 77.4 Å². The van der Waals surface area contributed by atoms with Gasteiger partial charge in [0.2, 0.25) is 0 Å². The van der Waals surface area contributed by atoms with Gasteiger partial charge in [-0.15, -0.1) is 0 Å². The van der Waals surface area contributed by atoms with Crippen molar-refractivity contribution in [3.63, 3.8) is 0 Å². The van der Waals surface area contributed by atoms with Crippen molar-refractivity contribution in [2.75, 3.05) is 0 Å². The van der Waals surface area contributed by atoms with Gasteiger partial charge in [-0.1, -0.05) is 90.9 Å². The molecule has 2 atom stereocenters. The Morgan fingerprint density at radius 2 is 1.08 bits per heavy atom. The van der Waals surface area contributed by atoms with Crippen molar-refractivity contribution < 1.29 is 47.6 Å². The number of hydrogen-bond donors (Lipinski definition) is 1. The minimum Gasteiger partial charge on any atom is -0.748 e. The molecule has 0 aromatic rings. The molecule has 0 radical (unpaired) electrons. The second kappa shape index (κ2) is 19.2. The van der Waals surface area contributed by atoms with Crippen molar-refractivity contribution >= 4 is 10.1 Å². The third-order valence-electron chi connectivity index (χ3n) is 4.99. The van der Waals surface area contributed by atoms with Crippen LogP contribution in [0.4, 0.5) is 0 Å². The van der Waals surface area contributed by atoms with Crippen LogP contribution in [0.1, 0.15) is 117 Å². The summed E-state index contributed by atoms with van der Waals surface area (Å²) in [5, 5.41) is 9.09. The Balaban J connectivity index is 0. The summed E-state index contributed by atoms with van der Waals surface area (Å²) in [6.07, 6.45) is 15.3. The largest absolute Gasteiger partial charge is 1.00 e. The molecule has 152 valence electrons. The first-order valence-electron chi connectivity index (χ1n) is 10.5. The van der Waals surface area contributed by atoms with Crippen molar-refractivity contribution in [1.82, 2.24) is 0 Å². The average molecular weight is 401 g/mol. The zero-order valence-corrected chi connectivity index (χ0v) is 20.4. The third kappa shape index (κ3) is 18.2. The Hall–Kier alpha value is 0.870. The van der Waals surface area contributed by atoms with Crippen molar-refractivity contribution in [1.29, 1.82) is 0 Å².